The number of hydrogen-bond acceptors (Lipinski definition) is 4. The summed E-state index contributed by atoms with van der Waals surface area (Å²) in [6, 6.07) is 10.0. The van der Waals surface area contributed by atoms with Gasteiger partial charge in [0.25, 0.3) is 0 Å². The average Bonchev–Trinajstić information content (AvgIpc) is 2.29. The Balaban J connectivity index is 2.21. The van der Waals surface area contributed by atoms with Crippen molar-refractivity contribution in [2.24, 2.45) is 0 Å². The van der Waals surface area contributed by atoms with Gasteiger partial charge in [-0.25, -0.2) is 9.97 Å². The first-order valence-corrected chi connectivity index (χ1v) is 5.49. The number of hydrogen-bond donors (Lipinski definition) is 1. The molecule has 0 saturated carbocycles. The lowest BCUT2D eigenvalue weighted by Crippen LogP contribution is -2.08. The second-order valence-corrected chi connectivity index (χ2v) is 4.09. The maximum atomic E-state index is 4.31. The van der Waals surface area contributed by atoms with E-state index < -0.39 is 0 Å². The first-order valence-electron chi connectivity index (χ1n) is 5.49. The van der Waals surface area contributed by atoms with Crippen molar-refractivity contribution >= 4 is 17.3 Å². The second-order valence-electron chi connectivity index (χ2n) is 4.09. The summed E-state index contributed by atoms with van der Waals surface area (Å²) in [6.45, 7) is 1.95. The average molecular weight is 228 g/mol. The standard InChI is InChI=1S/C13H16N4/c1-10-7-8-14-13(15-10)16-11-5-4-6-12(9-11)17(2)3/h4-9H,1-3H3,(H,14,15,16). The van der Waals surface area contributed by atoms with Crippen molar-refractivity contribution in [2.75, 3.05) is 24.3 Å². The fraction of sp³-hybridized carbons (Fsp3) is 0.231. The van der Waals surface area contributed by atoms with E-state index in [1.807, 2.05) is 39.2 Å². The molecule has 0 bridgehead atoms. The van der Waals surface area contributed by atoms with Crippen LogP contribution < -0.4 is 10.2 Å². The predicted octanol–water partition coefficient (Wildman–Crippen LogP) is 2.59. The summed E-state index contributed by atoms with van der Waals surface area (Å²) in [6.07, 6.45) is 1.75. The van der Waals surface area contributed by atoms with Gasteiger partial charge in [-0.2, -0.15) is 0 Å². The molecule has 0 atom stereocenters. The number of aromatic nitrogens is 2. The highest BCUT2D eigenvalue weighted by Gasteiger charge is 2.00. The highest BCUT2D eigenvalue weighted by molar-refractivity contribution is 5.61. The quantitative estimate of drug-likeness (QED) is 0.876. The van der Waals surface area contributed by atoms with Gasteiger partial charge in [0.05, 0.1) is 0 Å². The van der Waals surface area contributed by atoms with Crippen LogP contribution in [0.5, 0.6) is 0 Å². The molecule has 0 saturated heterocycles. The van der Waals surface area contributed by atoms with E-state index in [9.17, 15) is 0 Å². The Morgan fingerprint density at radius 1 is 1.18 bits per heavy atom. The van der Waals surface area contributed by atoms with Gasteiger partial charge < -0.3 is 10.2 Å². The Kier molecular flexibility index (Phi) is 3.23. The van der Waals surface area contributed by atoms with Crippen LogP contribution in [0.15, 0.2) is 36.5 Å². The van der Waals surface area contributed by atoms with Crippen molar-refractivity contribution in [3.05, 3.63) is 42.2 Å². The Morgan fingerprint density at radius 3 is 2.71 bits per heavy atom. The molecule has 17 heavy (non-hydrogen) atoms. The summed E-state index contributed by atoms with van der Waals surface area (Å²) >= 11 is 0. The summed E-state index contributed by atoms with van der Waals surface area (Å²) < 4.78 is 0. The molecule has 1 N–H and O–H groups in total. The summed E-state index contributed by atoms with van der Waals surface area (Å²) in [7, 11) is 4.03. The number of rotatable bonds is 3. The van der Waals surface area contributed by atoms with E-state index in [0.29, 0.717) is 5.95 Å². The van der Waals surface area contributed by atoms with E-state index in [-0.39, 0.29) is 0 Å². The first-order chi connectivity index (χ1) is 8.15. The molecule has 88 valence electrons. The Hall–Kier alpha value is -2.10. The van der Waals surface area contributed by atoms with Crippen LogP contribution in [0.3, 0.4) is 0 Å². The SMILES string of the molecule is Cc1ccnc(Nc2cccc(N(C)C)c2)n1. The van der Waals surface area contributed by atoms with E-state index >= 15 is 0 Å². The molecule has 0 aliphatic carbocycles. The minimum Gasteiger partial charge on any atom is -0.378 e. The molecule has 1 aromatic carbocycles. The van der Waals surface area contributed by atoms with Gasteiger partial charge in [0.2, 0.25) is 5.95 Å². The van der Waals surface area contributed by atoms with Crippen LogP contribution in [0.25, 0.3) is 0 Å². The Bertz CT molecular complexity index is 508. The van der Waals surface area contributed by atoms with E-state index in [1.165, 1.54) is 0 Å². The van der Waals surface area contributed by atoms with Gasteiger partial charge in [0, 0.05) is 37.4 Å². The molecule has 2 aromatic rings. The fourth-order valence-electron chi connectivity index (χ4n) is 1.50. The molecule has 0 amide bonds. The molecular weight excluding hydrogens is 212 g/mol. The summed E-state index contributed by atoms with van der Waals surface area (Å²) in [5, 5.41) is 3.19. The third-order valence-corrected chi connectivity index (χ3v) is 2.41. The topological polar surface area (TPSA) is 41.1 Å². The van der Waals surface area contributed by atoms with Crippen molar-refractivity contribution in [1.82, 2.24) is 9.97 Å². The van der Waals surface area contributed by atoms with Gasteiger partial charge in [-0.15, -0.1) is 0 Å². The van der Waals surface area contributed by atoms with Gasteiger partial charge in [-0.1, -0.05) is 6.07 Å². The smallest absolute Gasteiger partial charge is 0.227 e. The maximum Gasteiger partial charge on any atom is 0.227 e. The molecule has 4 nitrogen and oxygen atoms in total. The van der Waals surface area contributed by atoms with E-state index in [4.69, 9.17) is 0 Å². The molecule has 1 heterocycles. The number of nitrogens with one attached hydrogen (secondary N) is 1. The molecular formula is C13H16N4. The zero-order valence-corrected chi connectivity index (χ0v) is 10.3. The molecule has 2 rings (SSSR count). The highest BCUT2D eigenvalue weighted by Crippen LogP contribution is 2.19. The Morgan fingerprint density at radius 2 is 2.00 bits per heavy atom. The molecule has 1 aromatic heterocycles. The van der Waals surface area contributed by atoms with Crippen LogP contribution in [0.4, 0.5) is 17.3 Å². The molecule has 4 heteroatoms. The molecule has 0 fully saturated rings. The van der Waals surface area contributed by atoms with Crippen molar-refractivity contribution in [1.29, 1.82) is 0 Å². The van der Waals surface area contributed by atoms with Crippen LogP contribution in [-0.4, -0.2) is 24.1 Å². The predicted molar refractivity (Wildman–Crippen MR) is 70.8 cm³/mol. The van der Waals surface area contributed by atoms with Crippen molar-refractivity contribution in [3.63, 3.8) is 0 Å². The third-order valence-electron chi connectivity index (χ3n) is 2.41. The minimum atomic E-state index is 0.626. The minimum absolute atomic E-state index is 0.626. The van der Waals surface area contributed by atoms with Crippen LogP contribution >= 0.6 is 0 Å². The van der Waals surface area contributed by atoms with Crippen molar-refractivity contribution < 1.29 is 0 Å². The van der Waals surface area contributed by atoms with Gasteiger partial charge >= 0.3 is 0 Å². The molecule has 0 aliphatic rings. The van der Waals surface area contributed by atoms with Crippen LogP contribution in [0.2, 0.25) is 0 Å². The van der Waals surface area contributed by atoms with Gasteiger partial charge in [0.15, 0.2) is 0 Å². The largest absolute Gasteiger partial charge is 0.378 e. The lowest BCUT2D eigenvalue weighted by Gasteiger charge is -2.13. The number of nitrogens with zero attached hydrogens (tertiary/aromatic N) is 3. The maximum absolute atomic E-state index is 4.31. The highest BCUT2D eigenvalue weighted by atomic mass is 15.1. The zero-order chi connectivity index (χ0) is 12.3. The van der Waals surface area contributed by atoms with Gasteiger partial charge in [-0.3, -0.25) is 0 Å². The molecule has 0 radical (unpaired) electrons. The van der Waals surface area contributed by atoms with Crippen LogP contribution in [-0.2, 0) is 0 Å². The summed E-state index contributed by atoms with van der Waals surface area (Å²) in [4.78, 5) is 10.5. The zero-order valence-electron chi connectivity index (χ0n) is 10.3. The van der Waals surface area contributed by atoms with Crippen LogP contribution in [0.1, 0.15) is 5.69 Å². The van der Waals surface area contributed by atoms with Crippen molar-refractivity contribution in [2.45, 2.75) is 6.92 Å². The fourth-order valence-corrected chi connectivity index (χ4v) is 1.50. The van der Waals surface area contributed by atoms with Gasteiger partial charge in [0.1, 0.15) is 0 Å². The summed E-state index contributed by atoms with van der Waals surface area (Å²) in [5.74, 6) is 0.626. The number of aryl methyl sites for hydroxylation is 1. The number of anilines is 3. The first kappa shape index (κ1) is 11.4. The third kappa shape index (κ3) is 2.93. The lowest BCUT2D eigenvalue weighted by atomic mass is 10.2. The van der Waals surface area contributed by atoms with E-state index in [2.05, 4.69) is 32.3 Å². The lowest BCUT2D eigenvalue weighted by molar-refractivity contribution is 1.10. The second kappa shape index (κ2) is 4.82. The van der Waals surface area contributed by atoms with E-state index in [0.717, 1.165) is 17.1 Å². The Labute approximate surface area is 101 Å². The monoisotopic (exact) mass is 228 g/mol. The summed E-state index contributed by atoms with van der Waals surface area (Å²) in [5.41, 5.74) is 3.08. The molecule has 0 aliphatic heterocycles. The van der Waals surface area contributed by atoms with Crippen molar-refractivity contribution in [3.8, 4) is 0 Å². The van der Waals surface area contributed by atoms with Crippen LogP contribution in [0, 0.1) is 6.92 Å². The van der Waals surface area contributed by atoms with Gasteiger partial charge in [-0.05, 0) is 31.2 Å². The molecule has 0 unspecified atom stereocenters. The molecule has 0 spiro atoms. The van der Waals surface area contributed by atoms with E-state index in [1.54, 1.807) is 6.20 Å². The normalized spacial score (nSPS) is 10.1. The number of benzene rings is 1.